The third-order valence-corrected chi connectivity index (χ3v) is 3.63. The smallest absolute Gasteiger partial charge is 0.0358 e. The van der Waals surface area contributed by atoms with Crippen LogP contribution in [0.3, 0.4) is 0 Å². The molecule has 0 bridgehead atoms. The molecule has 1 heterocycles. The Hall–Kier alpha value is 0.440. The number of thioether (sulfide) groups is 2. The molecule has 1 saturated heterocycles. The van der Waals surface area contributed by atoms with E-state index in [-0.39, 0.29) is 0 Å². The summed E-state index contributed by atoms with van der Waals surface area (Å²) in [6, 6.07) is 0. The van der Waals surface area contributed by atoms with Gasteiger partial charge in [-0.05, 0) is 6.92 Å². The van der Waals surface area contributed by atoms with Crippen LogP contribution in [0.15, 0.2) is 10.3 Å². The van der Waals surface area contributed by atoms with Gasteiger partial charge in [-0.15, -0.1) is 23.5 Å². The Bertz CT molecular complexity index is 78.1. The van der Waals surface area contributed by atoms with E-state index in [2.05, 4.69) is 13.0 Å². The van der Waals surface area contributed by atoms with Gasteiger partial charge in [0.2, 0.25) is 0 Å². The predicted molar refractivity (Wildman–Crippen MR) is 38.7 cm³/mol. The average Bonchev–Trinajstić information content (AvgIpc) is 2.14. The first kappa shape index (κ1) is 5.57. The number of rotatable bonds is 0. The average molecular weight is 132 g/mol. The van der Waals surface area contributed by atoms with Gasteiger partial charge < -0.3 is 0 Å². The van der Waals surface area contributed by atoms with Gasteiger partial charge in [-0.2, -0.15) is 0 Å². The molecule has 1 aliphatic heterocycles. The summed E-state index contributed by atoms with van der Waals surface area (Å²) in [5, 5.41) is 0. The molecule has 1 rings (SSSR count). The van der Waals surface area contributed by atoms with E-state index in [4.69, 9.17) is 0 Å². The van der Waals surface area contributed by atoms with Gasteiger partial charge in [0, 0.05) is 15.7 Å². The highest BCUT2D eigenvalue weighted by Gasteiger charge is 2.04. The molecular weight excluding hydrogens is 124 g/mol. The Morgan fingerprint density at radius 2 is 2.00 bits per heavy atom. The van der Waals surface area contributed by atoms with Crippen molar-refractivity contribution in [2.24, 2.45) is 0 Å². The minimum Gasteiger partial charge on any atom is -0.119 e. The zero-order valence-corrected chi connectivity index (χ0v) is 5.94. The quantitative estimate of drug-likeness (QED) is 0.496. The van der Waals surface area contributed by atoms with Crippen LogP contribution in [0.25, 0.3) is 0 Å². The molecule has 0 aliphatic carbocycles. The first-order chi connectivity index (χ1) is 3.43. The number of hydrogen-bond acceptors (Lipinski definition) is 2. The van der Waals surface area contributed by atoms with Crippen molar-refractivity contribution >= 4 is 23.5 Å². The molecule has 0 amide bonds. The summed E-state index contributed by atoms with van der Waals surface area (Å²) in [6.45, 7) is 2.10. The molecule has 0 N–H and O–H groups in total. The van der Waals surface area contributed by atoms with Crippen LogP contribution in [0.2, 0.25) is 0 Å². The molecule has 0 unspecified atom stereocenters. The molecule has 1 fully saturated rings. The highest BCUT2D eigenvalue weighted by atomic mass is 32.2. The van der Waals surface area contributed by atoms with Crippen LogP contribution in [0.5, 0.6) is 0 Å². The fraction of sp³-hybridized carbons (Fsp3) is 0.600. The lowest BCUT2D eigenvalue weighted by molar-refractivity contribution is 1.59. The predicted octanol–water partition coefficient (Wildman–Crippen LogP) is 2.33. The summed E-state index contributed by atoms with van der Waals surface area (Å²) in [6.07, 6.45) is 2.18. The molecule has 0 radical (unpaired) electrons. The molecule has 0 aromatic rings. The first-order valence-corrected chi connectivity index (χ1v) is 4.32. The van der Waals surface area contributed by atoms with E-state index in [1.54, 1.807) is 0 Å². The lowest BCUT2D eigenvalue weighted by Crippen LogP contribution is -1.64. The molecule has 40 valence electrons. The summed E-state index contributed by atoms with van der Waals surface area (Å²) in [5.41, 5.74) is 0. The Morgan fingerprint density at radius 1 is 1.43 bits per heavy atom. The molecule has 0 nitrogen and oxygen atoms in total. The molecule has 1 aliphatic rings. The number of hydrogen-bond donors (Lipinski definition) is 0. The normalized spacial score (nSPS) is 20.4. The van der Waals surface area contributed by atoms with Crippen molar-refractivity contribution in [3.63, 3.8) is 0 Å². The maximum atomic E-state index is 2.18. The van der Waals surface area contributed by atoms with Crippen LogP contribution >= 0.6 is 23.5 Å². The Morgan fingerprint density at radius 3 is 2.29 bits per heavy atom. The molecule has 0 spiro atoms. The zero-order chi connectivity index (χ0) is 5.11. The third kappa shape index (κ3) is 1.42. The van der Waals surface area contributed by atoms with E-state index >= 15 is 0 Å². The highest BCUT2D eigenvalue weighted by molar-refractivity contribution is 8.25. The second kappa shape index (κ2) is 2.68. The molecule has 2 heteroatoms. The Balaban J connectivity index is 2.41. The van der Waals surface area contributed by atoms with Crippen molar-refractivity contribution in [2.75, 3.05) is 11.5 Å². The van der Waals surface area contributed by atoms with Crippen molar-refractivity contribution in [1.29, 1.82) is 0 Å². The van der Waals surface area contributed by atoms with Gasteiger partial charge >= 0.3 is 0 Å². The molecule has 0 saturated carbocycles. The van der Waals surface area contributed by atoms with E-state index < -0.39 is 0 Å². The summed E-state index contributed by atoms with van der Waals surface area (Å²) in [5.74, 6) is 2.62. The van der Waals surface area contributed by atoms with Crippen molar-refractivity contribution < 1.29 is 0 Å². The van der Waals surface area contributed by atoms with Crippen molar-refractivity contribution in [1.82, 2.24) is 0 Å². The Kier molecular flexibility index (Phi) is 2.13. The highest BCUT2D eigenvalue weighted by Crippen LogP contribution is 2.35. The van der Waals surface area contributed by atoms with Gasteiger partial charge in [0.05, 0.1) is 0 Å². The lowest BCUT2D eigenvalue weighted by atomic mass is 10.8. The van der Waals surface area contributed by atoms with Crippen molar-refractivity contribution in [3.05, 3.63) is 10.3 Å². The minimum atomic E-state index is 1.31. The lowest BCUT2D eigenvalue weighted by Gasteiger charge is -1.84. The maximum Gasteiger partial charge on any atom is 0.0358 e. The monoisotopic (exact) mass is 132 g/mol. The molecule has 0 aromatic heterocycles. The maximum absolute atomic E-state index is 2.18. The van der Waals surface area contributed by atoms with E-state index in [1.165, 1.54) is 15.7 Å². The van der Waals surface area contributed by atoms with Gasteiger partial charge in [0.1, 0.15) is 0 Å². The van der Waals surface area contributed by atoms with Gasteiger partial charge in [-0.25, -0.2) is 0 Å². The van der Waals surface area contributed by atoms with E-state index in [9.17, 15) is 0 Å². The molecule has 0 aromatic carbocycles. The summed E-state index contributed by atoms with van der Waals surface area (Å²) in [4.78, 5) is 0. The van der Waals surface area contributed by atoms with E-state index in [1.807, 2.05) is 23.5 Å². The van der Waals surface area contributed by atoms with Crippen LogP contribution in [-0.2, 0) is 0 Å². The fourth-order valence-corrected chi connectivity index (χ4v) is 2.73. The van der Waals surface area contributed by atoms with Crippen LogP contribution in [0.1, 0.15) is 6.92 Å². The molecular formula is C5H8S2. The second-order valence-electron chi connectivity index (χ2n) is 1.30. The SMILES string of the molecule is CC=C1SCCS1. The first-order valence-electron chi connectivity index (χ1n) is 2.35. The topological polar surface area (TPSA) is 0 Å². The van der Waals surface area contributed by atoms with Crippen molar-refractivity contribution in [2.45, 2.75) is 6.92 Å². The van der Waals surface area contributed by atoms with Gasteiger partial charge in [-0.3, -0.25) is 0 Å². The largest absolute Gasteiger partial charge is 0.119 e. The number of allylic oxidation sites excluding steroid dienone is 1. The molecule has 7 heavy (non-hydrogen) atoms. The van der Waals surface area contributed by atoms with E-state index in [0.29, 0.717) is 0 Å². The van der Waals surface area contributed by atoms with Crippen LogP contribution in [-0.4, -0.2) is 11.5 Å². The summed E-state index contributed by atoms with van der Waals surface area (Å²) < 4.78 is 1.50. The van der Waals surface area contributed by atoms with Crippen molar-refractivity contribution in [3.8, 4) is 0 Å². The summed E-state index contributed by atoms with van der Waals surface area (Å²) >= 11 is 3.93. The Labute approximate surface area is 52.7 Å². The molecule has 0 atom stereocenters. The van der Waals surface area contributed by atoms with Gasteiger partial charge in [-0.1, -0.05) is 6.08 Å². The van der Waals surface area contributed by atoms with Gasteiger partial charge in [0.25, 0.3) is 0 Å². The van der Waals surface area contributed by atoms with Gasteiger partial charge in [0.15, 0.2) is 0 Å². The standard InChI is InChI=1S/C5H8S2/c1-2-5-6-3-4-7-5/h2H,3-4H2,1H3. The van der Waals surface area contributed by atoms with E-state index in [0.717, 1.165) is 0 Å². The fourth-order valence-electron chi connectivity index (χ4n) is 0.493. The third-order valence-electron chi connectivity index (χ3n) is 0.808. The van der Waals surface area contributed by atoms with Crippen LogP contribution in [0, 0.1) is 0 Å². The van der Waals surface area contributed by atoms with Crippen LogP contribution in [0.4, 0.5) is 0 Å². The second-order valence-corrected chi connectivity index (χ2v) is 3.84. The minimum absolute atomic E-state index is 1.31. The zero-order valence-electron chi connectivity index (χ0n) is 4.31. The van der Waals surface area contributed by atoms with Crippen LogP contribution < -0.4 is 0 Å². The summed E-state index contributed by atoms with van der Waals surface area (Å²) in [7, 11) is 0.